The van der Waals surface area contributed by atoms with Gasteiger partial charge in [0.2, 0.25) is 5.91 Å². The first-order valence-electron chi connectivity index (χ1n) is 9.83. The van der Waals surface area contributed by atoms with E-state index in [-0.39, 0.29) is 17.8 Å². The van der Waals surface area contributed by atoms with E-state index in [9.17, 15) is 4.79 Å². The number of halogens is 2. The minimum atomic E-state index is -0.357. The number of carbonyl (C=O) groups is 1. The molecule has 0 saturated carbocycles. The van der Waals surface area contributed by atoms with Gasteiger partial charge < -0.3 is 14.6 Å². The van der Waals surface area contributed by atoms with Crippen molar-refractivity contribution >= 4 is 46.6 Å². The topological polar surface area (TPSA) is 69.0 Å². The van der Waals surface area contributed by atoms with Gasteiger partial charge in [0.1, 0.15) is 5.75 Å². The van der Waals surface area contributed by atoms with Crippen LogP contribution in [0.3, 0.4) is 0 Å². The fourth-order valence-corrected chi connectivity index (χ4v) is 4.14. The number of anilines is 1. The quantitative estimate of drug-likeness (QED) is 0.396. The molecule has 1 heterocycles. The first-order valence-corrected chi connectivity index (χ1v) is 11.6. The second-order valence-corrected chi connectivity index (χ2v) is 8.86. The highest BCUT2D eigenvalue weighted by Crippen LogP contribution is 2.30. The van der Waals surface area contributed by atoms with E-state index in [1.54, 1.807) is 12.1 Å². The summed E-state index contributed by atoms with van der Waals surface area (Å²) in [5, 5.41) is 13.2. The Morgan fingerprint density at radius 1 is 1.19 bits per heavy atom. The van der Waals surface area contributed by atoms with Gasteiger partial charge in [-0.3, -0.25) is 4.79 Å². The van der Waals surface area contributed by atoms with Gasteiger partial charge in [-0.05, 0) is 63.1 Å². The average molecular weight is 479 g/mol. The molecule has 1 atom stereocenters. The van der Waals surface area contributed by atoms with Crippen molar-refractivity contribution in [3.8, 4) is 5.75 Å². The molecule has 0 radical (unpaired) electrons. The van der Waals surface area contributed by atoms with Gasteiger partial charge in [-0.15, -0.1) is 10.2 Å². The predicted octanol–water partition coefficient (Wildman–Crippen LogP) is 6.09. The number of ether oxygens (including phenoxy) is 1. The molecule has 3 aromatic rings. The minimum absolute atomic E-state index is 0.140. The summed E-state index contributed by atoms with van der Waals surface area (Å²) in [7, 11) is 0. The van der Waals surface area contributed by atoms with Crippen LogP contribution in [0.1, 0.15) is 36.9 Å². The van der Waals surface area contributed by atoms with Gasteiger partial charge in [-0.1, -0.05) is 47.1 Å². The van der Waals surface area contributed by atoms with Crippen molar-refractivity contribution in [2.24, 2.45) is 0 Å². The molecule has 0 aliphatic rings. The van der Waals surface area contributed by atoms with Crippen molar-refractivity contribution in [3.63, 3.8) is 0 Å². The fraction of sp³-hybridized carbons (Fsp3) is 0.318. The number of benzene rings is 2. The Bertz CT molecular complexity index is 1090. The molecule has 0 bridgehead atoms. The molecule has 2 aromatic carbocycles. The van der Waals surface area contributed by atoms with Gasteiger partial charge in [-0.2, -0.15) is 0 Å². The average Bonchev–Trinajstić information content (AvgIpc) is 3.15. The number of carbonyl (C=O) groups excluding carboxylic acids is 1. The standard InChI is InChI=1S/C22H24Cl2N4O2S/c1-5-28-21(15(4)30-19-10-13(2)6-9-17(19)24)26-27-22(28)31-12-20(29)25-18-11-16(23)8-7-14(18)3/h6-11,15H,5,12H2,1-4H3,(H,25,29). The monoisotopic (exact) mass is 478 g/mol. The highest BCUT2D eigenvalue weighted by Gasteiger charge is 2.20. The summed E-state index contributed by atoms with van der Waals surface area (Å²) in [6.07, 6.45) is -0.357. The first kappa shape index (κ1) is 23.4. The van der Waals surface area contributed by atoms with Gasteiger partial charge in [0, 0.05) is 17.3 Å². The lowest BCUT2D eigenvalue weighted by Crippen LogP contribution is -2.16. The highest BCUT2D eigenvalue weighted by molar-refractivity contribution is 7.99. The Labute approximate surface area is 196 Å². The van der Waals surface area contributed by atoms with E-state index >= 15 is 0 Å². The van der Waals surface area contributed by atoms with Gasteiger partial charge >= 0.3 is 0 Å². The normalized spacial score (nSPS) is 11.9. The maximum Gasteiger partial charge on any atom is 0.234 e. The molecule has 3 rings (SSSR count). The number of aryl methyl sites for hydroxylation is 2. The number of nitrogens with one attached hydrogen (secondary N) is 1. The summed E-state index contributed by atoms with van der Waals surface area (Å²) in [6.45, 7) is 8.44. The molecule has 6 nitrogen and oxygen atoms in total. The van der Waals surface area contributed by atoms with E-state index in [4.69, 9.17) is 27.9 Å². The smallest absolute Gasteiger partial charge is 0.234 e. The summed E-state index contributed by atoms with van der Waals surface area (Å²) >= 11 is 13.6. The van der Waals surface area contributed by atoms with Crippen LogP contribution in [-0.4, -0.2) is 26.4 Å². The minimum Gasteiger partial charge on any atom is -0.481 e. The van der Waals surface area contributed by atoms with Crippen LogP contribution in [0, 0.1) is 13.8 Å². The first-order chi connectivity index (χ1) is 14.8. The van der Waals surface area contributed by atoms with Crippen LogP contribution >= 0.6 is 35.0 Å². The number of aromatic nitrogens is 3. The Hall–Kier alpha value is -2.22. The number of amides is 1. The Kier molecular flexibility index (Phi) is 7.86. The van der Waals surface area contributed by atoms with Crippen molar-refractivity contribution in [1.29, 1.82) is 0 Å². The molecule has 0 aliphatic heterocycles. The van der Waals surface area contributed by atoms with Crippen LogP contribution in [0.4, 0.5) is 5.69 Å². The number of hydrogen-bond acceptors (Lipinski definition) is 5. The van der Waals surface area contributed by atoms with E-state index in [1.807, 2.05) is 56.5 Å². The SMILES string of the molecule is CCn1c(SCC(=O)Nc2cc(Cl)ccc2C)nnc1C(C)Oc1cc(C)ccc1Cl. The molecular weight excluding hydrogens is 455 g/mol. The van der Waals surface area contributed by atoms with E-state index in [2.05, 4.69) is 15.5 Å². The van der Waals surface area contributed by atoms with E-state index in [0.29, 0.717) is 39.0 Å². The molecule has 0 aliphatic carbocycles. The van der Waals surface area contributed by atoms with Crippen molar-refractivity contribution in [2.75, 3.05) is 11.1 Å². The van der Waals surface area contributed by atoms with Crippen molar-refractivity contribution in [3.05, 3.63) is 63.4 Å². The summed E-state index contributed by atoms with van der Waals surface area (Å²) in [6, 6.07) is 11.0. The maximum absolute atomic E-state index is 12.4. The summed E-state index contributed by atoms with van der Waals surface area (Å²) in [5.41, 5.74) is 2.70. The van der Waals surface area contributed by atoms with Crippen LogP contribution in [0.25, 0.3) is 0 Å². The number of thioether (sulfide) groups is 1. The van der Waals surface area contributed by atoms with E-state index in [1.165, 1.54) is 11.8 Å². The molecule has 0 spiro atoms. The Morgan fingerprint density at radius 2 is 1.97 bits per heavy atom. The second-order valence-electron chi connectivity index (χ2n) is 7.08. The van der Waals surface area contributed by atoms with Crippen LogP contribution in [0.5, 0.6) is 5.75 Å². The van der Waals surface area contributed by atoms with Crippen molar-refractivity contribution < 1.29 is 9.53 Å². The molecule has 1 N–H and O–H groups in total. The lowest BCUT2D eigenvalue weighted by Gasteiger charge is -2.17. The van der Waals surface area contributed by atoms with Gasteiger partial charge in [0.05, 0.1) is 10.8 Å². The zero-order chi connectivity index (χ0) is 22.5. The third-order valence-electron chi connectivity index (χ3n) is 4.62. The molecule has 1 aromatic heterocycles. The van der Waals surface area contributed by atoms with Crippen LogP contribution in [0.15, 0.2) is 41.6 Å². The summed E-state index contributed by atoms with van der Waals surface area (Å²) in [5.74, 6) is 1.33. The number of nitrogens with zero attached hydrogens (tertiary/aromatic N) is 3. The van der Waals surface area contributed by atoms with Crippen LogP contribution in [-0.2, 0) is 11.3 Å². The van der Waals surface area contributed by atoms with Gasteiger partial charge in [0.25, 0.3) is 0 Å². The Morgan fingerprint density at radius 3 is 2.71 bits per heavy atom. The summed E-state index contributed by atoms with van der Waals surface area (Å²) in [4.78, 5) is 12.4. The third-order valence-corrected chi connectivity index (χ3v) is 6.14. The molecule has 0 fully saturated rings. The van der Waals surface area contributed by atoms with Gasteiger partial charge in [-0.25, -0.2) is 0 Å². The Balaban J connectivity index is 1.67. The molecule has 9 heteroatoms. The molecule has 31 heavy (non-hydrogen) atoms. The van der Waals surface area contributed by atoms with Crippen LogP contribution < -0.4 is 10.1 Å². The summed E-state index contributed by atoms with van der Waals surface area (Å²) < 4.78 is 7.98. The van der Waals surface area contributed by atoms with E-state index in [0.717, 1.165) is 11.1 Å². The second kappa shape index (κ2) is 10.4. The largest absolute Gasteiger partial charge is 0.481 e. The molecule has 164 valence electrons. The third kappa shape index (κ3) is 5.93. The van der Waals surface area contributed by atoms with Crippen molar-refractivity contribution in [1.82, 2.24) is 14.8 Å². The number of rotatable bonds is 8. The highest BCUT2D eigenvalue weighted by atomic mass is 35.5. The lowest BCUT2D eigenvalue weighted by molar-refractivity contribution is -0.113. The molecular formula is C22H24Cl2N4O2S. The van der Waals surface area contributed by atoms with Crippen LogP contribution in [0.2, 0.25) is 10.0 Å². The predicted molar refractivity (Wildman–Crippen MR) is 126 cm³/mol. The van der Waals surface area contributed by atoms with Crippen molar-refractivity contribution in [2.45, 2.75) is 45.5 Å². The van der Waals surface area contributed by atoms with E-state index < -0.39 is 0 Å². The molecule has 1 unspecified atom stereocenters. The fourth-order valence-electron chi connectivity index (χ4n) is 2.99. The zero-order valence-electron chi connectivity index (χ0n) is 17.8. The van der Waals surface area contributed by atoms with Gasteiger partial charge in [0.15, 0.2) is 17.1 Å². The molecule has 1 amide bonds. The molecule has 0 saturated heterocycles. The zero-order valence-corrected chi connectivity index (χ0v) is 20.1. The lowest BCUT2D eigenvalue weighted by atomic mass is 10.2. The maximum atomic E-state index is 12.4. The number of hydrogen-bond donors (Lipinski definition) is 1.